The van der Waals surface area contributed by atoms with Crippen LogP contribution in [0.1, 0.15) is 15.2 Å². The van der Waals surface area contributed by atoms with Gasteiger partial charge in [-0.2, -0.15) is 0 Å². The summed E-state index contributed by atoms with van der Waals surface area (Å²) in [5, 5.41) is 1.11. The lowest BCUT2D eigenvalue weighted by molar-refractivity contribution is -0.658. The van der Waals surface area contributed by atoms with E-state index in [0.29, 0.717) is 5.56 Å². The molecule has 0 unspecified atom stereocenters. The second-order valence-corrected chi connectivity index (χ2v) is 5.66. The Morgan fingerprint density at radius 2 is 2.09 bits per heavy atom. The molecule has 3 aromatic rings. The maximum Gasteiger partial charge on any atom is 0.447 e. The highest BCUT2D eigenvalue weighted by atomic mass is 16.3. The summed E-state index contributed by atoms with van der Waals surface area (Å²) in [6.45, 7) is -0.00860. The van der Waals surface area contributed by atoms with Gasteiger partial charge in [0.1, 0.15) is 11.2 Å². The average Bonchev–Trinajstić information content (AvgIpc) is 2.95. The molecule has 1 aliphatic heterocycles. The summed E-state index contributed by atoms with van der Waals surface area (Å²) in [6, 6.07) is 11.5. The number of aromatic nitrogens is 1. The Morgan fingerprint density at radius 3 is 2.91 bits per heavy atom. The van der Waals surface area contributed by atoms with Crippen LogP contribution in [0.5, 0.6) is 0 Å². The topological polar surface area (TPSA) is 20.3 Å². The van der Waals surface area contributed by atoms with E-state index in [4.69, 9.17) is 8.53 Å². The lowest BCUT2D eigenvalue weighted by atomic mass is 9.58. The first kappa shape index (κ1) is 10.3. The third kappa shape index (κ3) is 1.87. The highest BCUT2D eigenvalue weighted by Gasteiger charge is 2.37. The van der Waals surface area contributed by atoms with E-state index in [1.54, 1.807) is 12.3 Å². The molecule has 3 heterocycles. The van der Waals surface area contributed by atoms with Crippen molar-refractivity contribution in [3.05, 3.63) is 59.9 Å². The van der Waals surface area contributed by atoms with E-state index in [1.165, 1.54) is 0 Å². The molecule has 22 heavy (non-hydrogen) atoms. The standard InChI is InChI=1S/C18H18BN2O/c1-13-8-9-17(20(3)12-13)21-11-10-15-14-6-4-5-7-16(14)22-18(15)19(21)2/h4-12H,1-3H3/q+1/i1D3. The number of hydrogen-bond acceptors (Lipinski definition) is 2. The van der Waals surface area contributed by atoms with Crippen molar-refractivity contribution in [3.63, 3.8) is 0 Å². The summed E-state index contributed by atoms with van der Waals surface area (Å²) in [5.74, 6) is 0.905. The number of benzene rings is 1. The van der Waals surface area contributed by atoms with Gasteiger partial charge in [-0.25, -0.2) is 4.57 Å². The van der Waals surface area contributed by atoms with Crippen LogP contribution in [0.25, 0.3) is 17.0 Å². The maximum absolute atomic E-state index is 7.56. The minimum Gasteiger partial charge on any atom is -0.465 e. The molecule has 4 rings (SSSR count). The normalized spacial score (nSPS) is 16.4. The van der Waals surface area contributed by atoms with Gasteiger partial charge in [-0.3, -0.25) is 4.81 Å². The van der Waals surface area contributed by atoms with E-state index in [-0.39, 0.29) is 6.85 Å². The van der Waals surface area contributed by atoms with Crippen molar-refractivity contribution in [3.8, 4) is 0 Å². The number of fused-ring (bicyclic) bond motifs is 3. The molecule has 108 valence electrons. The molecule has 0 spiro atoms. The highest BCUT2D eigenvalue weighted by molar-refractivity contribution is 6.76. The molecule has 0 saturated carbocycles. The third-order valence-electron chi connectivity index (χ3n) is 4.23. The van der Waals surface area contributed by atoms with Gasteiger partial charge in [-0.05, 0) is 37.4 Å². The number of aryl methyl sites for hydroxylation is 2. The van der Waals surface area contributed by atoms with Crippen LogP contribution in [0.3, 0.4) is 0 Å². The van der Waals surface area contributed by atoms with Gasteiger partial charge in [-0.1, -0.05) is 18.2 Å². The maximum atomic E-state index is 7.56. The lowest BCUT2D eigenvalue weighted by Crippen LogP contribution is -2.50. The molecule has 2 aromatic heterocycles. The van der Waals surface area contributed by atoms with E-state index in [2.05, 4.69) is 23.8 Å². The molecule has 0 atom stereocenters. The number of nitrogens with zero attached hydrogens (tertiary/aromatic N) is 2. The molecule has 3 nitrogen and oxygen atoms in total. The van der Waals surface area contributed by atoms with Crippen molar-refractivity contribution in [2.75, 3.05) is 4.81 Å². The fraction of sp³-hybridized carbons (Fsp3) is 0.167. The SMILES string of the molecule is [2H]C([2H])([2H])c1ccc(N2C=Cc3c(oc4ccccc34)B2C)[n+](C)c1. The summed E-state index contributed by atoms with van der Waals surface area (Å²) in [4.78, 5) is 2.09. The fourth-order valence-corrected chi connectivity index (χ4v) is 3.12. The summed E-state index contributed by atoms with van der Waals surface area (Å²) in [7, 11) is 1.86. The smallest absolute Gasteiger partial charge is 0.447 e. The molecule has 1 aromatic carbocycles. The Labute approximate surface area is 134 Å². The van der Waals surface area contributed by atoms with Gasteiger partial charge >= 0.3 is 6.85 Å². The molecule has 0 saturated heterocycles. The summed E-state index contributed by atoms with van der Waals surface area (Å²) < 4.78 is 30.6. The first-order valence-corrected chi connectivity index (χ1v) is 7.34. The van der Waals surface area contributed by atoms with Gasteiger partial charge in [-0.15, -0.1) is 0 Å². The summed E-state index contributed by atoms with van der Waals surface area (Å²) in [6.07, 6.45) is 5.75. The number of anilines is 1. The Bertz CT molecular complexity index is 994. The second-order valence-electron chi connectivity index (χ2n) is 5.66. The zero-order valence-electron chi connectivity index (χ0n) is 15.6. The monoisotopic (exact) mass is 292 g/mol. The van der Waals surface area contributed by atoms with Gasteiger partial charge in [0.2, 0.25) is 0 Å². The Hall–Kier alpha value is -2.49. The van der Waals surface area contributed by atoms with Crippen LogP contribution in [0.2, 0.25) is 6.82 Å². The first-order valence-electron chi connectivity index (χ1n) is 8.84. The van der Waals surface area contributed by atoms with Gasteiger partial charge in [0.15, 0.2) is 0 Å². The lowest BCUT2D eigenvalue weighted by Gasteiger charge is -2.21. The minimum atomic E-state index is -2.11. The molecular formula is C18H18BN2O+. The van der Waals surface area contributed by atoms with Gasteiger partial charge in [0.25, 0.3) is 5.82 Å². The Kier molecular flexibility index (Phi) is 2.23. The molecule has 0 bridgehead atoms. The predicted molar refractivity (Wildman–Crippen MR) is 91.3 cm³/mol. The van der Waals surface area contributed by atoms with Crippen molar-refractivity contribution in [2.45, 2.75) is 13.7 Å². The fourth-order valence-electron chi connectivity index (χ4n) is 3.12. The van der Waals surface area contributed by atoms with E-state index in [0.717, 1.165) is 28.0 Å². The van der Waals surface area contributed by atoms with Crippen LogP contribution in [0.4, 0.5) is 5.82 Å². The predicted octanol–water partition coefficient (Wildman–Crippen LogP) is 2.88. The first-order chi connectivity index (χ1) is 11.9. The molecule has 0 fully saturated rings. The van der Waals surface area contributed by atoms with Crippen molar-refractivity contribution in [2.24, 2.45) is 7.05 Å². The van der Waals surface area contributed by atoms with Crippen LogP contribution in [0.15, 0.2) is 53.2 Å². The molecule has 4 heteroatoms. The largest absolute Gasteiger partial charge is 0.465 e. The van der Waals surface area contributed by atoms with Crippen molar-refractivity contribution >= 4 is 35.4 Å². The molecular weight excluding hydrogens is 271 g/mol. The zero-order chi connectivity index (χ0) is 17.8. The number of furan rings is 1. The van der Waals surface area contributed by atoms with E-state index >= 15 is 0 Å². The van der Waals surface area contributed by atoms with E-state index in [1.807, 2.05) is 42.1 Å². The number of rotatable bonds is 1. The van der Waals surface area contributed by atoms with Crippen LogP contribution in [-0.4, -0.2) is 6.85 Å². The van der Waals surface area contributed by atoms with Crippen LogP contribution in [-0.2, 0) is 7.05 Å². The molecule has 1 aliphatic rings. The number of pyridine rings is 1. The second kappa shape index (κ2) is 4.77. The summed E-state index contributed by atoms with van der Waals surface area (Å²) >= 11 is 0. The molecule has 0 amide bonds. The number of para-hydroxylation sites is 1. The highest BCUT2D eigenvalue weighted by Crippen LogP contribution is 2.26. The summed E-state index contributed by atoms with van der Waals surface area (Å²) in [5.41, 5.74) is 3.24. The van der Waals surface area contributed by atoms with Crippen LogP contribution >= 0.6 is 0 Å². The van der Waals surface area contributed by atoms with Gasteiger partial charge in [0.05, 0.1) is 19.4 Å². The van der Waals surface area contributed by atoms with Crippen LogP contribution in [0, 0.1) is 6.85 Å². The van der Waals surface area contributed by atoms with Crippen molar-refractivity contribution in [1.29, 1.82) is 0 Å². The van der Waals surface area contributed by atoms with Crippen LogP contribution < -0.4 is 15.0 Å². The molecule has 0 N–H and O–H groups in total. The zero-order valence-corrected chi connectivity index (χ0v) is 12.6. The Balaban J connectivity index is 1.77. The molecule has 0 radical (unpaired) electrons. The van der Waals surface area contributed by atoms with Gasteiger partial charge < -0.3 is 4.42 Å². The van der Waals surface area contributed by atoms with E-state index in [9.17, 15) is 0 Å². The quantitative estimate of drug-likeness (QED) is 0.508. The number of hydrogen-bond donors (Lipinski definition) is 0. The molecule has 0 aliphatic carbocycles. The van der Waals surface area contributed by atoms with Crippen molar-refractivity contribution in [1.82, 2.24) is 0 Å². The average molecular weight is 292 g/mol. The van der Waals surface area contributed by atoms with Crippen molar-refractivity contribution < 1.29 is 13.1 Å². The minimum absolute atomic E-state index is 0.0113. The Morgan fingerprint density at radius 1 is 1.23 bits per heavy atom. The van der Waals surface area contributed by atoms with Gasteiger partial charge in [0, 0.05) is 21.1 Å². The van der Waals surface area contributed by atoms with E-state index < -0.39 is 6.85 Å². The third-order valence-corrected chi connectivity index (χ3v) is 4.23.